The number of aliphatic hydroxyl groups excluding tert-OH is 1. The minimum Gasteiger partial charge on any atom is -0.507 e. The summed E-state index contributed by atoms with van der Waals surface area (Å²) in [6.45, 7) is 2.15. The molecule has 7 heteroatoms. The van der Waals surface area contributed by atoms with E-state index >= 15 is 0 Å². The Kier molecular flexibility index (Phi) is 5.53. The highest BCUT2D eigenvalue weighted by atomic mass is 16.5. The number of pyridine rings is 1. The van der Waals surface area contributed by atoms with E-state index in [1.54, 1.807) is 55.9 Å². The summed E-state index contributed by atoms with van der Waals surface area (Å²) in [4.78, 5) is 32.0. The van der Waals surface area contributed by atoms with Gasteiger partial charge in [0.15, 0.2) is 0 Å². The first-order chi connectivity index (χ1) is 16.5. The molecule has 3 heterocycles. The number of carbonyl (C=O) groups is 2. The molecule has 5 rings (SSSR count). The molecular weight excluding hydrogens is 432 g/mol. The molecule has 1 fully saturated rings. The van der Waals surface area contributed by atoms with Gasteiger partial charge in [0.2, 0.25) is 0 Å². The van der Waals surface area contributed by atoms with Gasteiger partial charge in [0.05, 0.1) is 18.7 Å². The van der Waals surface area contributed by atoms with Crippen LogP contribution in [0, 0.1) is 0 Å². The van der Waals surface area contributed by atoms with E-state index in [9.17, 15) is 14.7 Å². The summed E-state index contributed by atoms with van der Waals surface area (Å²) in [6.07, 6.45) is 4.07. The molecule has 0 spiro atoms. The van der Waals surface area contributed by atoms with Crippen LogP contribution in [-0.4, -0.2) is 39.9 Å². The van der Waals surface area contributed by atoms with E-state index in [1.807, 2.05) is 25.1 Å². The summed E-state index contributed by atoms with van der Waals surface area (Å²) in [5.41, 5.74) is 2.93. The van der Waals surface area contributed by atoms with Crippen molar-refractivity contribution in [2.45, 2.75) is 32.0 Å². The van der Waals surface area contributed by atoms with Gasteiger partial charge in [-0.05, 0) is 60.0 Å². The molecule has 1 saturated heterocycles. The Labute approximate surface area is 197 Å². The average Bonchev–Trinajstić information content (AvgIpc) is 3.35. The van der Waals surface area contributed by atoms with Crippen LogP contribution >= 0.6 is 0 Å². The van der Waals surface area contributed by atoms with Crippen LogP contribution in [0.15, 0.2) is 72.6 Å². The Morgan fingerprint density at radius 3 is 2.79 bits per heavy atom. The van der Waals surface area contributed by atoms with Gasteiger partial charge in [0.25, 0.3) is 11.7 Å². The first kappa shape index (κ1) is 21.7. The fraction of sp³-hybridized carbons (Fsp3) is 0.222. The summed E-state index contributed by atoms with van der Waals surface area (Å²) >= 11 is 0. The highest BCUT2D eigenvalue weighted by Gasteiger charge is 2.46. The van der Waals surface area contributed by atoms with Crippen molar-refractivity contribution >= 4 is 17.4 Å². The van der Waals surface area contributed by atoms with Crippen LogP contribution in [0.5, 0.6) is 11.5 Å². The van der Waals surface area contributed by atoms with Gasteiger partial charge in [0, 0.05) is 30.9 Å². The van der Waals surface area contributed by atoms with E-state index in [1.165, 1.54) is 4.90 Å². The normalized spacial score (nSPS) is 20.8. The Balaban J connectivity index is 1.64. The van der Waals surface area contributed by atoms with Crippen molar-refractivity contribution in [2.75, 3.05) is 7.11 Å². The largest absolute Gasteiger partial charge is 0.507 e. The molecule has 1 N–H and O–H groups in total. The molecular formula is C27H24N2O5. The van der Waals surface area contributed by atoms with Crippen molar-refractivity contribution < 1.29 is 24.2 Å². The molecule has 3 aromatic rings. The predicted octanol–water partition coefficient (Wildman–Crippen LogP) is 4.04. The van der Waals surface area contributed by atoms with Crippen LogP contribution in [0.4, 0.5) is 0 Å². The number of likely N-dealkylation sites (tertiary alicyclic amines) is 1. The maximum absolute atomic E-state index is 13.3. The summed E-state index contributed by atoms with van der Waals surface area (Å²) in [5.74, 6) is -0.239. The lowest BCUT2D eigenvalue weighted by molar-refractivity contribution is -0.140. The van der Waals surface area contributed by atoms with E-state index in [0.29, 0.717) is 23.3 Å². The zero-order valence-corrected chi connectivity index (χ0v) is 18.9. The average molecular weight is 456 g/mol. The number of benzene rings is 2. The number of amides is 1. The molecule has 1 aromatic heterocycles. The standard InChI is InChI=1S/C27H24N2O5/c1-16-11-20-12-19(8-9-22(20)34-16)25(30)23-24(18-6-3-7-21(13-18)33-2)29(27(32)26(23)31)15-17-5-4-10-28-14-17/h3-10,12-14,16,24,30H,11,15H2,1-2H3/b25-23-. The van der Waals surface area contributed by atoms with E-state index in [2.05, 4.69) is 4.98 Å². The van der Waals surface area contributed by atoms with Crippen LogP contribution in [0.3, 0.4) is 0 Å². The van der Waals surface area contributed by atoms with Crippen LogP contribution < -0.4 is 9.47 Å². The van der Waals surface area contributed by atoms with Gasteiger partial charge < -0.3 is 19.5 Å². The van der Waals surface area contributed by atoms with Crippen LogP contribution in [0.1, 0.15) is 35.2 Å². The maximum Gasteiger partial charge on any atom is 0.295 e. The van der Waals surface area contributed by atoms with Crippen molar-refractivity contribution in [3.63, 3.8) is 0 Å². The third-order valence-electron chi connectivity index (χ3n) is 6.19. The number of ketones is 1. The second kappa shape index (κ2) is 8.67. The smallest absolute Gasteiger partial charge is 0.295 e. The molecule has 2 atom stereocenters. The fourth-order valence-electron chi connectivity index (χ4n) is 4.61. The number of hydrogen-bond acceptors (Lipinski definition) is 6. The second-order valence-electron chi connectivity index (χ2n) is 8.52. The van der Waals surface area contributed by atoms with Gasteiger partial charge in [-0.25, -0.2) is 0 Å². The van der Waals surface area contributed by atoms with Crippen LogP contribution in [-0.2, 0) is 22.6 Å². The van der Waals surface area contributed by atoms with Gasteiger partial charge in [0.1, 0.15) is 23.4 Å². The molecule has 0 saturated carbocycles. The molecule has 7 nitrogen and oxygen atoms in total. The minimum absolute atomic E-state index is 0.0501. The summed E-state index contributed by atoms with van der Waals surface area (Å²) < 4.78 is 11.1. The topological polar surface area (TPSA) is 89.0 Å². The van der Waals surface area contributed by atoms with Gasteiger partial charge >= 0.3 is 0 Å². The monoisotopic (exact) mass is 456 g/mol. The Bertz CT molecular complexity index is 1300. The zero-order chi connectivity index (χ0) is 23.8. The minimum atomic E-state index is -0.779. The predicted molar refractivity (Wildman–Crippen MR) is 125 cm³/mol. The van der Waals surface area contributed by atoms with Gasteiger partial charge in [-0.15, -0.1) is 0 Å². The van der Waals surface area contributed by atoms with Crippen molar-refractivity contribution in [2.24, 2.45) is 0 Å². The lowest BCUT2D eigenvalue weighted by atomic mass is 9.94. The molecule has 2 aliphatic rings. The molecule has 172 valence electrons. The van der Waals surface area contributed by atoms with E-state index in [-0.39, 0.29) is 24.0 Å². The summed E-state index contributed by atoms with van der Waals surface area (Å²) in [7, 11) is 1.55. The van der Waals surface area contributed by atoms with E-state index < -0.39 is 17.7 Å². The van der Waals surface area contributed by atoms with E-state index in [4.69, 9.17) is 9.47 Å². The first-order valence-electron chi connectivity index (χ1n) is 11.1. The highest BCUT2D eigenvalue weighted by Crippen LogP contribution is 2.42. The lowest BCUT2D eigenvalue weighted by Gasteiger charge is -2.25. The number of fused-ring (bicyclic) bond motifs is 1. The SMILES string of the molecule is COc1cccc(C2/C(=C(/O)c3ccc4c(c3)CC(C)O4)C(=O)C(=O)N2Cc2cccnc2)c1. The number of methoxy groups -OCH3 is 1. The lowest BCUT2D eigenvalue weighted by Crippen LogP contribution is -2.29. The second-order valence-corrected chi connectivity index (χ2v) is 8.52. The number of ether oxygens (including phenoxy) is 2. The Morgan fingerprint density at radius 1 is 1.18 bits per heavy atom. The zero-order valence-electron chi connectivity index (χ0n) is 18.9. The summed E-state index contributed by atoms with van der Waals surface area (Å²) in [5, 5.41) is 11.3. The number of Topliss-reactive ketones (excluding diaryl/α,β-unsaturated/α-hetero) is 1. The number of nitrogens with zero attached hydrogens (tertiary/aromatic N) is 2. The summed E-state index contributed by atoms with van der Waals surface area (Å²) in [6, 6.07) is 15.4. The third kappa shape index (κ3) is 3.79. The van der Waals surface area contributed by atoms with Gasteiger partial charge in [-0.2, -0.15) is 0 Å². The molecule has 2 unspecified atom stereocenters. The number of aliphatic hydroxyl groups is 1. The maximum atomic E-state index is 13.3. The van der Waals surface area contributed by atoms with Crippen molar-refractivity contribution in [3.8, 4) is 11.5 Å². The molecule has 1 amide bonds. The van der Waals surface area contributed by atoms with Crippen molar-refractivity contribution in [1.82, 2.24) is 9.88 Å². The Hall–Kier alpha value is -4.13. The molecule has 0 aliphatic carbocycles. The van der Waals surface area contributed by atoms with Gasteiger partial charge in [-0.1, -0.05) is 18.2 Å². The number of hydrogen-bond donors (Lipinski definition) is 1. The van der Waals surface area contributed by atoms with E-state index in [0.717, 1.165) is 16.9 Å². The number of carbonyl (C=O) groups excluding carboxylic acids is 2. The molecule has 2 aromatic carbocycles. The van der Waals surface area contributed by atoms with Crippen molar-refractivity contribution in [1.29, 1.82) is 0 Å². The van der Waals surface area contributed by atoms with Crippen LogP contribution in [0.25, 0.3) is 5.76 Å². The molecule has 0 radical (unpaired) electrons. The quantitative estimate of drug-likeness (QED) is 0.354. The molecule has 2 aliphatic heterocycles. The molecule has 0 bridgehead atoms. The fourth-order valence-corrected chi connectivity index (χ4v) is 4.61. The highest BCUT2D eigenvalue weighted by molar-refractivity contribution is 6.46. The first-order valence-corrected chi connectivity index (χ1v) is 11.1. The third-order valence-corrected chi connectivity index (χ3v) is 6.19. The van der Waals surface area contributed by atoms with Crippen LogP contribution in [0.2, 0.25) is 0 Å². The number of rotatable bonds is 5. The Morgan fingerprint density at radius 2 is 2.03 bits per heavy atom. The van der Waals surface area contributed by atoms with Crippen molar-refractivity contribution in [3.05, 3.63) is 94.8 Å². The molecule has 34 heavy (non-hydrogen) atoms. The van der Waals surface area contributed by atoms with Gasteiger partial charge in [-0.3, -0.25) is 14.6 Å². The number of aromatic nitrogens is 1.